The molecule has 128 valence electrons. The molecule has 6 heteroatoms. The number of nitrogens with one attached hydrogen (secondary N) is 2. The molecule has 0 saturated heterocycles. The molecule has 0 bridgehead atoms. The van der Waals surface area contributed by atoms with Gasteiger partial charge in [0.15, 0.2) is 6.10 Å². The lowest BCUT2D eigenvalue weighted by Crippen LogP contribution is -2.30. The van der Waals surface area contributed by atoms with Crippen molar-refractivity contribution in [3.8, 4) is 0 Å². The number of amides is 1. The van der Waals surface area contributed by atoms with Crippen LogP contribution in [0.2, 0.25) is 5.02 Å². The molecule has 1 atom stereocenters. The van der Waals surface area contributed by atoms with Crippen molar-refractivity contribution < 1.29 is 14.3 Å². The van der Waals surface area contributed by atoms with E-state index < -0.39 is 18.0 Å². The number of carbonyl (C=O) groups excluding carboxylic acids is 2. The fourth-order valence-corrected chi connectivity index (χ4v) is 2.67. The highest BCUT2D eigenvalue weighted by Crippen LogP contribution is 2.23. The summed E-state index contributed by atoms with van der Waals surface area (Å²) in [7, 11) is 0. The zero-order chi connectivity index (χ0) is 18.0. The molecule has 0 unspecified atom stereocenters. The third-order valence-corrected chi connectivity index (χ3v) is 4.40. The largest absolute Gasteiger partial charge is 0.449 e. The number of aromatic amines is 1. The van der Waals surface area contributed by atoms with Gasteiger partial charge in [0.1, 0.15) is 0 Å². The first-order valence-electron chi connectivity index (χ1n) is 7.80. The van der Waals surface area contributed by atoms with E-state index in [4.69, 9.17) is 16.3 Å². The van der Waals surface area contributed by atoms with Crippen molar-refractivity contribution in [2.24, 2.45) is 0 Å². The minimum atomic E-state index is -0.945. The smallest absolute Gasteiger partial charge is 0.341 e. The molecule has 2 N–H and O–H groups in total. The fourth-order valence-electron chi connectivity index (χ4n) is 2.50. The number of rotatable bonds is 4. The Balaban J connectivity index is 1.71. The maximum Gasteiger partial charge on any atom is 0.341 e. The summed E-state index contributed by atoms with van der Waals surface area (Å²) in [6.07, 6.45) is 0.637. The number of fused-ring (bicyclic) bond motifs is 1. The summed E-state index contributed by atoms with van der Waals surface area (Å²) in [4.78, 5) is 27.7. The Kier molecular flexibility index (Phi) is 4.76. The average molecular weight is 357 g/mol. The lowest BCUT2D eigenvalue weighted by molar-refractivity contribution is -0.123. The Bertz CT molecular complexity index is 949. The zero-order valence-corrected chi connectivity index (χ0v) is 14.6. The molecule has 0 aliphatic rings. The van der Waals surface area contributed by atoms with E-state index in [0.29, 0.717) is 16.3 Å². The van der Waals surface area contributed by atoms with Crippen molar-refractivity contribution in [3.05, 3.63) is 64.8 Å². The van der Waals surface area contributed by atoms with Gasteiger partial charge in [-0.15, -0.1) is 0 Å². The van der Waals surface area contributed by atoms with Gasteiger partial charge in [0.05, 0.1) is 5.56 Å². The first-order chi connectivity index (χ1) is 12.0. The Morgan fingerprint density at radius 2 is 1.92 bits per heavy atom. The number of carbonyl (C=O) groups is 2. The minimum Gasteiger partial charge on any atom is -0.449 e. The van der Waals surface area contributed by atoms with Gasteiger partial charge in [-0.3, -0.25) is 4.79 Å². The van der Waals surface area contributed by atoms with Crippen molar-refractivity contribution in [3.63, 3.8) is 0 Å². The van der Waals surface area contributed by atoms with Crippen molar-refractivity contribution in [2.75, 3.05) is 5.32 Å². The summed E-state index contributed by atoms with van der Waals surface area (Å²) >= 11 is 6.04. The Labute approximate surface area is 149 Å². The van der Waals surface area contributed by atoms with Crippen molar-refractivity contribution in [2.45, 2.75) is 20.0 Å². The van der Waals surface area contributed by atoms with E-state index in [1.54, 1.807) is 31.3 Å². The van der Waals surface area contributed by atoms with Crippen LogP contribution in [-0.4, -0.2) is 23.0 Å². The lowest BCUT2D eigenvalue weighted by atomic mass is 10.2. The number of anilines is 1. The van der Waals surface area contributed by atoms with Crippen LogP contribution in [0.5, 0.6) is 0 Å². The van der Waals surface area contributed by atoms with Gasteiger partial charge >= 0.3 is 5.97 Å². The molecule has 3 aromatic rings. The summed E-state index contributed by atoms with van der Waals surface area (Å²) in [6.45, 7) is 3.34. The maximum atomic E-state index is 12.4. The molecule has 2 aromatic carbocycles. The molecule has 3 rings (SSSR count). The monoisotopic (exact) mass is 356 g/mol. The first-order valence-corrected chi connectivity index (χ1v) is 8.18. The molecule has 0 aliphatic heterocycles. The summed E-state index contributed by atoms with van der Waals surface area (Å²) in [6, 6.07) is 12.6. The molecule has 0 fully saturated rings. The number of hydrogen-bond acceptors (Lipinski definition) is 3. The zero-order valence-electron chi connectivity index (χ0n) is 13.8. The van der Waals surface area contributed by atoms with Crippen LogP contribution in [0.3, 0.4) is 0 Å². The summed E-state index contributed by atoms with van der Waals surface area (Å²) < 4.78 is 5.30. The van der Waals surface area contributed by atoms with Crippen molar-refractivity contribution >= 4 is 40.1 Å². The first kappa shape index (κ1) is 17.0. The number of esters is 1. The number of benzene rings is 2. The SMILES string of the molecule is Cc1c(Cl)cccc1NC(=O)[C@H](C)OC(=O)c1c[nH]c2ccccc12. The van der Waals surface area contributed by atoms with Crippen LogP contribution in [0, 0.1) is 6.92 Å². The number of para-hydroxylation sites is 1. The summed E-state index contributed by atoms with van der Waals surface area (Å²) in [5.74, 6) is -0.971. The van der Waals surface area contributed by atoms with Gasteiger partial charge in [-0.2, -0.15) is 0 Å². The van der Waals surface area contributed by atoms with Gasteiger partial charge < -0.3 is 15.0 Å². The molecule has 0 saturated carbocycles. The van der Waals surface area contributed by atoms with Crippen LogP contribution >= 0.6 is 11.6 Å². The summed E-state index contributed by atoms with van der Waals surface area (Å²) in [5, 5.41) is 4.04. The molecule has 1 aromatic heterocycles. The van der Waals surface area contributed by atoms with E-state index in [1.165, 1.54) is 6.92 Å². The van der Waals surface area contributed by atoms with Gasteiger partial charge in [-0.05, 0) is 37.6 Å². The van der Waals surface area contributed by atoms with Crippen LogP contribution in [0.1, 0.15) is 22.8 Å². The predicted octanol–water partition coefficient (Wildman–Crippen LogP) is 4.31. The number of aromatic nitrogens is 1. The van der Waals surface area contributed by atoms with Crippen molar-refractivity contribution in [1.29, 1.82) is 0 Å². The second kappa shape index (κ2) is 6.99. The van der Waals surface area contributed by atoms with Crippen molar-refractivity contribution in [1.82, 2.24) is 4.98 Å². The van der Waals surface area contributed by atoms with Crippen LogP contribution in [0.15, 0.2) is 48.7 Å². The molecule has 0 radical (unpaired) electrons. The Morgan fingerprint density at radius 1 is 1.16 bits per heavy atom. The van der Waals surface area contributed by atoms with Gasteiger partial charge in [0.25, 0.3) is 5.91 Å². The standard InChI is InChI=1S/C19H17ClN2O3/c1-11-15(20)7-5-9-16(11)22-18(23)12(2)25-19(24)14-10-21-17-8-4-3-6-13(14)17/h3-10,12,21H,1-2H3,(H,22,23)/t12-/m0/s1. The summed E-state index contributed by atoms with van der Waals surface area (Å²) in [5.41, 5.74) is 2.58. The number of halogens is 1. The predicted molar refractivity (Wildman–Crippen MR) is 98.0 cm³/mol. The number of ether oxygens (including phenoxy) is 1. The normalized spacial score (nSPS) is 12.0. The van der Waals surface area contributed by atoms with Gasteiger partial charge in [-0.1, -0.05) is 35.9 Å². The molecule has 25 heavy (non-hydrogen) atoms. The van der Waals surface area contributed by atoms with E-state index in [0.717, 1.165) is 16.5 Å². The molecule has 0 aliphatic carbocycles. The highest BCUT2D eigenvalue weighted by Gasteiger charge is 2.21. The van der Waals surface area contributed by atoms with E-state index in [-0.39, 0.29) is 0 Å². The molecular weight excluding hydrogens is 340 g/mol. The third-order valence-electron chi connectivity index (χ3n) is 3.99. The van der Waals surface area contributed by atoms with Gasteiger partial charge in [-0.25, -0.2) is 4.79 Å². The molecule has 1 heterocycles. The number of H-pyrrole nitrogens is 1. The van der Waals surface area contributed by atoms with Crippen LogP contribution in [-0.2, 0) is 9.53 Å². The van der Waals surface area contributed by atoms with Gasteiger partial charge in [0.2, 0.25) is 0 Å². The number of hydrogen-bond donors (Lipinski definition) is 2. The molecule has 1 amide bonds. The Hall–Kier alpha value is -2.79. The second-order valence-corrected chi connectivity index (χ2v) is 6.10. The fraction of sp³-hybridized carbons (Fsp3) is 0.158. The molecule has 0 spiro atoms. The van der Waals surface area contributed by atoms with E-state index in [1.807, 2.05) is 24.3 Å². The maximum absolute atomic E-state index is 12.4. The Morgan fingerprint density at radius 3 is 2.72 bits per heavy atom. The lowest BCUT2D eigenvalue weighted by Gasteiger charge is -2.15. The van der Waals surface area contributed by atoms with E-state index >= 15 is 0 Å². The third kappa shape index (κ3) is 3.51. The van der Waals surface area contributed by atoms with Crippen LogP contribution in [0.4, 0.5) is 5.69 Å². The molecular formula is C19H17ClN2O3. The van der Waals surface area contributed by atoms with Crippen LogP contribution in [0.25, 0.3) is 10.9 Å². The minimum absolute atomic E-state index is 0.397. The average Bonchev–Trinajstić information content (AvgIpc) is 3.03. The highest BCUT2D eigenvalue weighted by molar-refractivity contribution is 6.31. The highest BCUT2D eigenvalue weighted by atomic mass is 35.5. The topological polar surface area (TPSA) is 71.2 Å². The van der Waals surface area contributed by atoms with E-state index in [2.05, 4.69) is 10.3 Å². The van der Waals surface area contributed by atoms with Crippen LogP contribution < -0.4 is 5.32 Å². The molecule has 5 nitrogen and oxygen atoms in total. The second-order valence-electron chi connectivity index (χ2n) is 5.70. The van der Waals surface area contributed by atoms with Gasteiger partial charge in [0, 0.05) is 27.8 Å². The van der Waals surface area contributed by atoms with E-state index in [9.17, 15) is 9.59 Å². The quantitative estimate of drug-likeness (QED) is 0.684.